The highest BCUT2D eigenvalue weighted by atomic mass is 19.4. The second-order valence-electron chi connectivity index (χ2n) is 4.27. The first kappa shape index (κ1) is 15.5. The number of halogens is 3. The summed E-state index contributed by atoms with van der Waals surface area (Å²) in [6, 6.07) is 3.37. The smallest absolute Gasteiger partial charge is 0.388 e. The summed E-state index contributed by atoms with van der Waals surface area (Å²) in [5.74, 6) is -0.750. The monoisotopic (exact) mass is 275 g/mol. The van der Waals surface area contributed by atoms with Crippen LogP contribution in [0.4, 0.5) is 13.2 Å². The number of carbonyl (C=O) groups excluding carboxylic acids is 1. The Morgan fingerprint density at radius 3 is 2.11 bits per heavy atom. The lowest BCUT2D eigenvalue weighted by molar-refractivity contribution is -0.162. The molecule has 106 valence electrons. The number of hydrogen-bond acceptors (Lipinski definition) is 2. The van der Waals surface area contributed by atoms with Gasteiger partial charge in [-0.1, -0.05) is 31.2 Å². The van der Waals surface area contributed by atoms with Gasteiger partial charge in [0.25, 0.3) is 0 Å². The Morgan fingerprint density at radius 1 is 1.26 bits per heavy atom. The maximum Gasteiger partial charge on any atom is 0.412 e. The molecule has 6 heteroatoms. The Bertz CT molecular complexity index is 429. The molecule has 0 spiro atoms. The lowest BCUT2D eigenvalue weighted by atomic mass is 10.0. The van der Waals surface area contributed by atoms with Crippen molar-refractivity contribution >= 4 is 5.91 Å². The van der Waals surface area contributed by atoms with Gasteiger partial charge in [0.15, 0.2) is 6.04 Å². The molecule has 1 aromatic rings. The minimum atomic E-state index is -4.56. The summed E-state index contributed by atoms with van der Waals surface area (Å²) in [5.41, 5.74) is 0.491. The molecule has 2 atom stereocenters. The first-order valence-electron chi connectivity index (χ1n) is 5.87. The minimum absolute atomic E-state index is 0.0604. The Labute approximate surface area is 109 Å². The molecule has 0 bridgehead atoms. The zero-order valence-electron chi connectivity index (χ0n) is 10.7. The summed E-state index contributed by atoms with van der Waals surface area (Å²) in [6.45, 7) is 2.81. The van der Waals surface area contributed by atoms with Crippen LogP contribution in [0.15, 0.2) is 24.3 Å². The number of benzene rings is 1. The van der Waals surface area contributed by atoms with Gasteiger partial charge in [0.05, 0.1) is 6.10 Å². The zero-order valence-corrected chi connectivity index (χ0v) is 10.7. The third-order valence-corrected chi connectivity index (χ3v) is 2.72. The molecule has 0 fully saturated rings. The predicted octanol–water partition coefficient (Wildman–Crippen LogP) is 2.87. The van der Waals surface area contributed by atoms with Gasteiger partial charge in [-0.25, -0.2) is 0 Å². The number of hydrogen-bond donors (Lipinski definition) is 2. The quantitative estimate of drug-likeness (QED) is 0.887. The highest BCUT2D eigenvalue weighted by Gasteiger charge is 2.41. The summed E-state index contributed by atoms with van der Waals surface area (Å²) in [5, 5.41) is 11.4. The van der Waals surface area contributed by atoms with Crippen LogP contribution in [0.5, 0.6) is 0 Å². The number of nitrogens with one attached hydrogen (secondary N) is 1. The van der Waals surface area contributed by atoms with Crippen molar-refractivity contribution in [3.05, 3.63) is 35.4 Å². The molecular weight excluding hydrogens is 259 g/mol. The van der Waals surface area contributed by atoms with E-state index >= 15 is 0 Å². The van der Waals surface area contributed by atoms with Gasteiger partial charge in [-0.3, -0.25) is 4.79 Å². The molecule has 1 amide bonds. The van der Waals surface area contributed by atoms with Gasteiger partial charge < -0.3 is 10.4 Å². The van der Waals surface area contributed by atoms with Gasteiger partial charge in [0.1, 0.15) is 0 Å². The summed E-state index contributed by atoms with van der Waals surface area (Å²) in [7, 11) is 0. The van der Waals surface area contributed by atoms with Crippen molar-refractivity contribution in [1.82, 2.24) is 5.32 Å². The van der Waals surface area contributed by atoms with Gasteiger partial charge in [0, 0.05) is 6.92 Å². The molecule has 3 nitrogen and oxygen atoms in total. The third kappa shape index (κ3) is 4.24. The van der Waals surface area contributed by atoms with E-state index in [1.165, 1.54) is 24.3 Å². The van der Waals surface area contributed by atoms with Crippen LogP contribution in [0.3, 0.4) is 0 Å². The largest absolute Gasteiger partial charge is 0.412 e. The van der Waals surface area contributed by atoms with Gasteiger partial charge >= 0.3 is 6.18 Å². The zero-order chi connectivity index (χ0) is 14.6. The molecule has 0 saturated heterocycles. The molecule has 0 aliphatic rings. The van der Waals surface area contributed by atoms with E-state index in [4.69, 9.17) is 0 Å². The molecule has 1 aromatic carbocycles. The molecule has 0 aliphatic heterocycles. The van der Waals surface area contributed by atoms with Crippen molar-refractivity contribution in [3.8, 4) is 0 Å². The number of alkyl halides is 3. The van der Waals surface area contributed by atoms with Crippen LogP contribution in [-0.2, 0) is 4.79 Å². The van der Waals surface area contributed by atoms with E-state index < -0.39 is 24.2 Å². The molecule has 2 N–H and O–H groups in total. The standard InChI is InChI=1S/C13H16F3NO2/c1-3-11(19)9-4-6-10(7-5-9)12(13(14,15)16)17-8(2)18/h4-7,11-12,19H,3H2,1-2H3,(H,17,18)/t11-,12-/m0/s1. The lowest BCUT2D eigenvalue weighted by Crippen LogP contribution is -2.36. The fourth-order valence-corrected chi connectivity index (χ4v) is 1.70. The summed E-state index contributed by atoms with van der Waals surface area (Å²) < 4.78 is 38.5. The molecule has 0 unspecified atom stereocenters. The van der Waals surface area contributed by atoms with Crippen molar-refractivity contribution in [2.45, 2.75) is 38.6 Å². The Balaban J connectivity index is 3.01. The fraction of sp³-hybridized carbons (Fsp3) is 0.462. The minimum Gasteiger partial charge on any atom is -0.388 e. The van der Waals surface area contributed by atoms with E-state index in [1.54, 1.807) is 6.92 Å². The van der Waals surface area contributed by atoms with E-state index in [1.807, 2.05) is 5.32 Å². The second-order valence-corrected chi connectivity index (χ2v) is 4.27. The normalized spacial score (nSPS) is 14.8. The van der Waals surface area contributed by atoms with Gasteiger partial charge in [-0.05, 0) is 17.5 Å². The van der Waals surface area contributed by atoms with Gasteiger partial charge in [-0.2, -0.15) is 13.2 Å². The number of aliphatic hydroxyl groups is 1. The molecule has 0 aromatic heterocycles. The van der Waals surface area contributed by atoms with Gasteiger partial charge in [-0.15, -0.1) is 0 Å². The highest BCUT2D eigenvalue weighted by molar-refractivity contribution is 5.73. The SMILES string of the molecule is CC[C@H](O)c1ccc([C@H](NC(C)=O)C(F)(F)F)cc1. The molecular formula is C13H16F3NO2. The van der Waals surface area contributed by atoms with Crippen LogP contribution in [0.25, 0.3) is 0 Å². The number of aliphatic hydroxyl groups excluding tert-OH is 1. The molecule has 1 rings (SSSR count). The molecule has 19 heavy (non-hydrogen) atoms. The Morgan fingerprint density at radius 2 is 1.74 bits per heavy atom. The Kier molecular flexibility index (Phi) is 4.94. The summed E-state index contributed by atoms with van der Waals surface area (Å²) in [6.07, 6.45) is -4.77. The summed E-state index contributed by atoms with van der Waals surface area (Å²) >= 11 is 0. The molecule has 0 radical (unpaired) electrons. The van der Waals surface area contributed by atoms with Crippen LogP contribution in [0.1, 0.15) is 43.5 Å². The van der Waals surface area contributed by atoms with Crippen molar-refractivity contribution in [3.63, 3.8) is 0 Å². The average Bonchev–Trinajstić information content (AvgIpc) is 2.34. The maximum atomic E-state index is 12.8. The predicted molar refractivity (Wildman–Crippen MR) is 64.3 cm³/mol. The van der Waals surface area contributed by atoms with E-state index in [0.717, 1.165) is 6.92 Å². The van der Waals surface area contributed by atoms with Crippen LogP contribution in [0.2, 0.25) is 0 Å². The topological polar surface area (TPSA) is 49.3 Å². The number of amides is 1. The van der Waals surface area contributed by atoms with E-state index in [-0.39, 0.29) is 5.56 Å². The van der Waals surface area contributed by atoms with Crippen LogP contribution >= 0.6 is 0 Å². The van der Waals surface area contributed by atoms with Crippen LogP contribution in [-0.4, -0.2) is 17.2 Å². The van der Waals surface area contributed by atoms with Crippen molar-refractivity contribution in [2.24, 2.45) is 0 Å². The first-order chi connectivity index (χ1) is 8.75. The highest BCUT2D eigenvalue weighted by Crippen LogP contribution is 2.33. The maximum absolute atomic E-state index is 12.8. The first-order valence-corrected chi connectivity index (χ1v) is 5.87. The van der Waals surface area contributed by atoms with Crippen molar-refractivity contribution < 1.29 is 23.1 Å². The molecule has 0 saturated carbocycles. The third-order valence-electron chi connectivity index (χ3n) is 2.72. The second kappa shape index (κ2) is 6.06. The lowest BCUT2D eigenvalue weighted by Gasteiger charge is -2.21. The number of rotatable bonds is 4. The van der Waals surface area contributed by atoms with Crippen molar-refractivity contribution in [2.75, 3.05) is 0 Å². The van der Waals surface area contributed by atoms with Gasteiger partial charge in [0.2, 0.25) is 5.91 Å². The van der Waals surface area contributed by atoms with E-state index in [2.05, 4.69) is 0 Å². The number of carbonyl (C=O) groups is 1. The van der Waals surface area contributed by atoms with Crippen LogP contribution < -0.4 is 5.32 Å². The fourth-order valence-electron chi connectivity index (χ4n) is 1.70. The van der Waals surface area contributed by atoms with E-state index in [9.17, 15) is 23.1 Å². The molecule has 0 aliphatic carbocycles. The van der Waals surface area contributed by atoms with Crippen LogP contribution in [0, 0.1) is 0 Å². The summed E-state index contributed by atoms with van der Waals surface area (Å²) in [4.78, 5) is 10.8. The molecule has 0 heterocycles. The van der Waals surface area contributed by atoms with Crippen molar-refractivity contribution in [1.29, 1.82) is 0 Å². The Hall–Kier alpha value is -1.56. The average molecular weight is 275 g/mol. The van der Waals surface area contributed by atoms with E-state index in [0.29, 0.717) is 12.0 Å².